The number of aromatic nitrogens is 2. The topological polar surface area (TPSA) is 86.1 Å². The van der Waals surface area contributed by atoms with E-state index in [1.54, 1.807) is 22.7 Å². The molecule has 2 amide bonds. The van der Waals surface area contributed by atoms with Crippen molar-refractivity contribution in [3.8, 4) is 0 Å². The third-order valence-electron chi connectivity index (χ3n) is 5.42. The van der Waals surface area contributed by atoms with Gasteiger partial charge < -0.3 is 20.0 Å². The Hall–Kier alpha value is -2.58. The molecule has 0 aliphatic carbocycles. The van der Waals surface area contributed by atoms with Crippen LogP contribution in [0, 0.1) is 5.92 Å². The van der Waals surface area contributed by atoms with Crippen molar-refractivity contribution in [3.63, 3.8) is 0 Å². The predicted molar refractivity (Wildman–Crippen MR) is 108 cm³/mol. The van der Waals surface area contributed by atoms with Crippen LogP contribution in [-0.4, -0.2) is 83.2 Å². The molecule has 1 N–H and O–H groups in total. The first kappa shape index (κ1) is 20.2. The zero-order valence-electron chi connectivity index (χ0n) is 17.1. The Kier molecular flexibility index (Phi) is 6.53. The molecule has 0 unspecified atom stereocenters. The first-order valence-electron chi connectivity index (χ1n) is 10.1. The number of likely N-dealkylation sites (tertiary alicyclic amines) is 1. The lowest BCUT2D eigenvalue weighted by Crippen LogP contribution is -2.55. The predicted octanol–water partition coefficient (Wildman–Crippen LogP) is 0.293. The molecule has 0 radical (unpaired) electrons. The van der Waals surface area contributed by atoms with Crippen LogP contribution in [-0.2, 0) is 16.6 Å². The van der Waals surface area contributed by atoms with E-state index < -0.39 is 0 Å². The van der Waals surface area contributed by atoms with Crippen molar-refractivity contribution in [3.05, 3.63) is 12.4 Å². The van der Waals surface area contributed by atoms with Gasteiger partial charge in [0.25, 0.3) is 0 Å². The number of piperidine rings is 1. The Morgan fingerprint density at radius 2 is 2.00 bits per heavy atom. The van der Waals surface area contributed by atoms with Crippen molar-refractivity contribution in [1.29, 1.82) is 0 Å². The number of guanidine groups is 1. The van der Waals surface area contributed by atoms with Crippen molar-refractivity contribution >= 4 is 23.5 Å². The van der Waals surface area contributed by atoms with Crippen molar-refractivity contribution in [2.24, 2.45) is 18.0 Å². The third-order valence-corrected chi connectivity index (χ3v) is 5.42. The summed E-state index contributed by atoms with van der Waals surface area (Å²) in [5, 5.41) is 7.48. The normalized spacial score (nSPS) is 19.3. The van der Waals surface area contributed by atoms with Crippen LogP contribution in [0.4, 0.5) is 5.69 Å². The lowest BCUT2D eigenvalue weighted by atomic mass is 9.97. The standard InChI is InChI=1S/C19H31N7O2/c1-4-20-19(21-11-16-5-7-24(8-6-16)15(2)27)25-9-10-26(18(28)14-25)17-12-22-23(3)13-17/h12-13,16H,4-11,14H2,1-3H3,(H,20,21). The number of carbonyl (C=O) groups is 2. The lowest BCUT2D eigenvalue weighted by Gasteiger charge is -2.36. The Morgan fingerprint density at radius 3 is 2.57 bits per heavy atom. The minimum atomic E-state index is 0.0552. The maximum Gasteiger partial charge on any atom is 0.246 e. The van der Waals surface area contributed by atoms with Crippen LogP contribution in [0.5, 0.6) is 0 Å². The fourth-order valence-electron chi connectivity index (χ4n) is 3.75. The smallest absolute Gasteiger partial charge is 0.246 e. The molecule has 0 atom stereocenters. The summed E-state index contributed by atoms with van der Waals surface area (Å²) in [6.45, 7) is 8.44. The second kappa shape index (κ2) is 9.07. The molecule has 2 fully saturated rings. The van der Waals surface area contributed by atoms with E-state index in [4.69, 9.17) is 4.99 Å². The fourth-order valence-corrected chi connectivity index (χ4v) is 3.75. The summed E-state index contributed by atoms with van der Waals surface area (Å²) in [5.74, 6) is 1.49. The fraction of sp³-hybridized carbons (Fsp3) is 0.684. The number of anilines is 1. The quantitative estimate of drug-likeness (QED) is 0.591. The van der Waals surface area contributed by atoms with E-state index in [-0.39, 0.29) is 11.8 Å². The molecular formula is C19H31N7O2. The largest absolute Gasteiger partial charge is 0.357 e. The van der Waals surface area contributed by atoms with Gasteiger partial charge in [0.2, 0.25) is 11.8 Å². The highest BCUT2D eigenvalue weighted by Crippen LogP contribution is 2.19. The van der Waals surface area contributed by atoms with E-state index >= 15 is 0 Å². The molecule has 154 valence electrons. The molecule has 2 aliphatic rings. The number of nitrogens with one attached hydrogen (secondary N) is 1. The van der Waals surface area contributed by atoms with Crippen LogP contribution < -0.4 is 10.2 Å². The number of aliphatic imine (C=N–C) groups is 1. The van der Waals surface area contributed by atoms with Gasteiger partial charge in [0.15, 0.2) is 5.96 Å². The molecule has 2 aliphatic heterocycles. The average molecular weight is 390 g/mol. The summed E-state index contributed by atoms with van der Waals surface area (Å²) in [4.78, 5) is 34.6. The minimum absolute atomic E-state index is 0.0552. The van der Waals surface area contributed by atoms with Crippen molar-refractivity contribution in [2.45, 2.75) is 26.7 Å². The van der Waals surface area contributed by atoms with Gasteiger partial charge in [-0.15, -0.1) is 0 Å². The number of carbonyl (C=O) groups excluding carboxylic acids is 2. The van der Waals surface area contributed by atoms with Gasteiger partial charge in [0, 0.05) is 59.4 Å². The molecule has 0 aromatic carbocycles. The van der Waals surface area contributed by atoms with Crippen LogP contribution in [0.2, 0.25) is 0 Å². The van der Waals surface area contributed by atoms with Gasteiger partial charge in [-0.1, -0.05) is 0 Å². The first-order chi connectivity index (χ1) is 13.5. The van der Waals surface area contributed by atoms with E-state index in [1.807, 2.05) is 30.0 Å². The molecule has 3 rings (SSSR count). The Balaban J connectivity index is 1.57. The Labute approximate surface area is 166 Å². The van der Waals surface area contributed by atoms with Crippen molar-refractivity contribution < 1.29 is 9.59 Å². The van der Waals surface area contributed by atoms with E-state index in [0.717, 1.165) is 57.2 Å². The van der Waals surface area contributed by atoms with Crippen LogP contribution in [0.1, 0.15) is 26.7 Å². The highest BCUT2D eigenvalue weighted by atomic mass is 16.2. The maximum atomic E-state index is 12.7. The van der Waals surface area contributed by atoms with Gasteiger partial charge in [0.05, 0.1) is 11.9 Å². The second-order valence-electron chi connectivity index (χ2n) is 7.48. The number of rotatable bonds is 4. The molecule has 9 heteroatoms. The van der Waals surface area contributed by atoms with E-state index in [0.29, 0.717) is 19.0 Å². The molecule has 2 saturated heterocycles. The summed E-state index contributed by atoms with van der Waals surface area (Å²) in [5.41, 5.74) is 0.839. The van der Waals surface area contributed by atoms with Gasteiger partial charge in [-0.05, 0) is 25.7 Å². The molecule has 9 nitrogen and oxygen atoms in total. The van der Waals surface area contributed by atoms with Crippen LogP contribution in [0.15, 0.2) is 17.4 Å². The lowest BCUT2D eigenvalue weighted by molar-refractivity contribution is -0.130. The molecule has 1 aromatic rings. The number of amides is 2. The number of aryl methyl sites for hydroxylation is 1. The molecule has 0 spiro atoms. The molecule has 0 bridgehead atoms. The second-order valence-corrected chi connectivity index (χ2v) is 7.48. The maximum absolute atomic E-state index is 12.7. The number of hydrogen-bond donors (Lipinski definition) is 1. The van der Waals surface area contributed by atoms with E-state index in [9.17, 15) is 9.59 Å². The highest BCUT2D eigenvalue weighted by molar-refractivity contribution is 5.98. The monoisotopic (exact) mass is 389 g/mol. The highest BCUT2D eigenvalue weighted by Gasteiger charge is 2.28. The summed E-state index contributed by atoms with van der Waals surface area (Å²) < 4.78 is 1.71. The van der Waals surface area contributed by atoms with Gasteiger partial charge in [-0.2, -0.15) is 5.10 Å². The van der Waals surface area contributed by atoms with Gasteiger partial charge >= 0.3 is 0 Å². The minimum Gasteiger partial charge on any atom is -0.357 e. The summed E-state index contributed by atoms with van der Waals surface area (Å²) >= 11 is 0. The van der Waals surface area contributed by atoms with Gasteiger partial charge in [-0.3, -0.25) is 19.3 Å². The van der Waals surface area contributed by atoms with Crippen LogP contribution in [0.25, 0.3) is 0 Å². The molecule has 0 saturated carbocycles. The first-order valence-corrected chi connectivity index (χ1v) is 10.1. The molecule has 3 heterocycles. The number of hydrogen-bond acceptors (Lipinski definition) is 4. The van der Waals surface area contributed by atoms with Crippen LogP contribution >= 0.6 is 0 Å². The zero-order chi connectivity index (χ0) is 20.1. The molecule has 28 heavy (non-hydrogen) atoms. The summed E-state index contributed by atoms with van der Waals surface area (Å²) in [6, 6.07) is 0. The average Bonchev–Trinajstić information content (AvgIpc) is 3.11. The molecule has 1 aromatic heterocycles. The number of nitrogens with zero attached hydrogens (tertiary/aromatic N) is 6. The van der Waals surface area contributed by atoms with E-state index in [2.05, 4.69) is 10.4 Å². The summed E-state index contributed by atoms with van der Waals surface area (Å²) in [7, 11) is 1.85. The number of piperazine rings is 1. The zero-order valence-corrected chi connectivity index (χ0v) is 17.1. The van der Waals surface area contributed by atoms with Crippen molar-refractivity contribution in [1.82, 2.24) is 24.9 Å². The summed E-state index contributed by atoms with van der Waals surface area (Å²) in [6.07, 6.45) is 5.55. The Morgan fingerprint density at radius 1 is 1.25 bits per heavy atom. The molecular weight excluding hydrogens is 358 g/mol. The van der Waals surface area contributed by atoms with E-state index in [1.165, 1.54) is 0 Å². The Bertz CT molecular complexity index is 722. The van der Waals surface area contributed by atoms with Crippen LogP contribution in [0.3, 0.4) is 0 Å². The third kappa shape index (κ3) is 4.82. The SMILES string of the molecule is CCNC(=NCC1CCN(C(C)=O)CC1)N1CCN(c2cnn(C)c2)C(=O)C1. The van der Waals surface area contributed by atoms with Crippen molar-refractivity contribution in [2.75, 3.05) is 50.7 Å². The van der Waals surface area contributed by atoms with Gasteiger partial charge in [-0.25, -0.2) is 0 Å². The van der Waals surface area contributed by atoms with Gasteiger partial charge in [0.1, 0.15) is 6.54 Å².